The highest BCUT2D eigenvalue weighted by atomic mass is 127. The van der Waals surface area contributed by atoms with E-state index in [1.165, 1.54) is 0 Å². The number of imidazole rings is 1. The quantitative estimate of drug-likeness (QED) is 0.813. The van der Waals surface area contributed by atoms with Crippen molar-refractivity contribution in [2.45, 2.75) is 26.8 Å². The molecule has 5 heteroatoms. The Morgan fingerprint density at radius 3 is 2.72 bits per heavy atom. The summed E-state index contributed by atoms with van der Waals surface area (Å²) in [5.74, 6) is 0.864. The number of hydrogen-bond acceptors (Lipinski definition) is 2. The molecule has 0 spiro atoms. The van der Waals surface area contributed by atoms with Gasteiger partial charge < -0.3 is 5.32 Å². The van der Waals surface area contributed by atoms with Crippen LogP contribution in [0.2, 0.25) is 5.02 Å². The van der Waals surface area contributed by atoms with Gasteiger partial charge in [0.25, 0.3) is 0 Å². The molecule has 0 aliphatic rings. The minimum absolute atomic E-state index is 0.343. The van der Waals surface area contributed by atoms with Gasteiger partial charge in [0, 0.05) is 20.8 Å². The fourth-order valence-electron chi connectivity index (χ4n) is 1.72. The topological polar surface area (TPSA) is 29.9 Å². The van der Waals surface area contributed by atoms with Crippen molar-refractivity contribution in [1.82, 2.24) is 9.55 Å². The van der Waals surface area contributed by atoms with Gasteiger partial charge in [-0.05, 0) is 61.6 Å². The SMILES string of the molecule is Cc1cn(-c2ccc(Cl)cc2I)c(NC(C)C)n1. The number of nitrogens with one attached hydrogen (secondary N) is 1. The molecule has 0 radical (unpaired) electrons. The third kappa shape index (κ3) is 2.98. The van der Waals surface area contributed by atoms with Crippen LogP contribution in [0.5, 0.6) is 0 Å². The lowest BCUT2D eigenvalue weighted by Gasteiger charge is -2.13. The Bertz CT molecular complexity index is 563. The van der Waals surface area contributed by atoms with Crippen molar-refractivity contribution in [2.24, 2.45) is 0 Å². The van der Waals surface area contributed by atoms with E-state index in [0.717, 1.165) is 25.9 Å². The van der Waals surface area contributed by atoms with Crippen molar-refractivity contribution in [2.75, 3.05) is 5.32 Å². The Morgan fingerprint density at radius 2 is 2.11 bits per heavy atom. The van der Waals surface area contributed by atoms with Crippen molar-refractivity contribution in [3.8, 4) is 5.69 Å². The minimum Gasteiger partial charge on any atom is -0.353 e. The smallest absolute Gasteiger partial charge is 0.207 e. The van der Waals surface area contributed by atoms with E-state index in [0.29, 0.717) is 6.04 Å². The summed E-state index contributed by atoms with van der Waals surface area (Å²) in [6.07, 6.45) is 2.02. The lowest BCUT2D eigenvalue weighted by atomic mass is 10.3. The minimum atomic E-state index is 0.343. The van der Waals surface area contributed by atoms with Gasteiger partial charge in [-0.2, -0.15) is 0 Å². The largest absolute Gasteiger partial charge is 0.353 e. The average molecular weight is 376 g/mol. The molecule has 2 rings (SSSR count). The second-order valence-electron chi connectivity index (χ2n) is 4.47. The van der Waals surface area contributed by atoms with Gasteiger partial charge in [-0.15, -0.1) is 0 Å². The summed E-state index contributed by atoms with van der Waals surface area (Å²) in [4.78, 5) is 4.51. The maximum absolute atomic E-state index is 5.99. The Kier molecular flexibility index (Phi) is 4.17. The Labute approximate surface area is 126 Å². The zero-order chi connectivity index (χ0) is 13.3. The Hall–Kier alpha value is -0.750. The molecule has 2 aromatic rings. The molecule has 1 aromatic carbocycles. The molecule has 0 bridgehead atoms. The molecule has 0 saturated carbocycles. The van der Waals surface area contributed by atoms with Crippen LogP contribution in [0.3, 0.4) is 0 Å². The zero-order valence-electron chi connectivity index (χ0n) is 10.5. The molecule has 1 N–H and O–H groups in total. The third-order valence-electron chi connectivity index (χ3n) is 2.41. The second-order valence-corrected chi connectivity index (χ2v) is 6.07. The van der Waals surface area contributed by atoms with Crippen molar-refractivity contribution in [1.29, 1.82) is 0 Å². The molecule has 0 unspecified atom stereocenters. The first-order valence-corrected chi connectivity index (χ1v) is 7.21. The van der Waals surface area contributed by atoms with Crippen LogP contribution in [0.4, 0.5) is 5.95 Å². The number of aromatic nitrogens is 2. The molecule has 96 valence electrons. The van der Waals surface area contributed by atoms with Gasteiger partial charge in [-0.1, -0.05) is 11.6 Å². The number of aryl methyl sites for hydroxylation is 1. The number of rotatable bonds is 3. The molecule has 1 aromatic heterocycles. The van der Waals surface area contributed by atoms with Gasteiger partial charge >= 0.3 is 0 Å². The maximum atomic E-state index is 5.99. The van der Waals surface area contributed by atoms with Crippen LogP contribution in [0.1, 0.15) is 19.5 Å². The first kappa shape index (κ1) is 13.7. The van der Waals surface area contributed by atoms with Crippen molar-refractivity contribution >= 4 is 40.1 Å². The molecule has 0 amide bonds. The van der Waals surface area contributed by atoms with Crippen molar-refractivity contribution < 1.29 is 0 Å². The van der Waals surface area contributed by atoms with Gasteiger partial charge in [0.1, 0.15) is 0 Å². The highest BCUT2D eigenvalue weighted by molar-refractivity contribution is 14.1. The Balaban J connectivity index is 2.49. The third-order valence-corrected chi connectivity index (χ3v) is 3.51. The monoisotopic (exact) mass is 375 g/mol. The fourth-order valence-corrected chi connectivity index (χ4v) is 2.85. The van der Waals surface area contributed by atoms with E-state index < -0.39 is 0 Å². The summed E-state index contributed by atoms with van der Waals surface area (Å²) in [6, 6.07) is 6.20. The van der Waals surface area contributed by atoms with Gasteiger partial charge in [0.15, 0.2) is 0 Å². The number of benzene rings is 1. The van der Waals surface area contributed by atoms with E-state index in [1.807, 2.05) is 31.3 Å². The lowest BCUT2D eigenvalue weighted by molar-refractivity contribution is 0.863. The molecule has 0 atom stereocenters. The zero-order valence-corrected chi connectivity index (χ0v) is 13.5. The summed E-state index contributed by atoms with van der Waals surface area (Å²) in [5, 5.41) is 4.10. The molecule has 0 fully saturated rings. The van der Waals surface area contributed by atoms with Gasteiger partial charge in [0.2, 0.25) is 5.95 Å². The van der Waals surface area contributed by atoms with Crippen LogP contribution < -0.4 is 5.32 Å². The first-order chi connectivity index (χ1) is 8.47. The summed E-state index contributed by atoms with van der Waals surface area (Å²) in [6.45, 7) is 6.19. The van der Waals surface area contributed by atoms with Gasteiger partial charge in [-0.3, -0.25) is 4.57 Å². The fraction of sp³-hybridized carbons (Fsp3) is 0.308. The molecule has 18 heavy (non-hydrogen) atoms. The van der Waals surface area contributed by atoms with E-state index in [-0.39, 0.29) is 0 Å². The lowest BCUT2D eigenvalue weighted by Crippen LogP contribution is -2.14. The molecule has 1 heterocycles. The van der Waals surface area contributed by atoms with E-state index in [4.69, 9.17) is 11.6 Å². The summed E-state index contributed by atoms with van der Waals surface area (Å²) < 4.78 is 3.16. The predicted molar refractivity (Wildman–Crippen MR) is 84.8 cm³/mol. The van der Waals surface area contributed by atoms with Crippen molar-refractivity contribution in [3.05, 3.63) is 38.7 Å². The highest BCUT2D eigenvalue weighted by Gasteiger charge is 2.11. The highest BCUT2D eigenvalue weighted by Crippen LogP contribution is 2.25. The average Bonchev–Trinajstić information content (AvgIpc) is 2.58. The number of nitrogens with zero attached hydrogens (tertiary/aromatic N) is 2. The standard InChI is InChI=1S/C13H15ClIN3/c1-8(2)16-13-17-9(3)7-18(13)12-5-4-10(14)6-11(12)15/h4-8H,1-3H3,(H,16,17). The van der Waals surface area contributed by atoms with Crippen LogP contribution in [0, 0.1) is 10.5 Å². The number of hydrogen-bond donors (Lipinski definition) is 1. The molecule has 0 aliphatic heterocycles. The molecular weight excluding hydrogens is 361 g/mol. The van der Waals surface area contributed by atoms with Crippen LogP contribution >= 0.6 is 34.2 Å². The summed E-state index contributed by atoms with van der Waals surface area (Å²) in [5.41, 5.74) is 2.08. The normalized spacial score (nSPS) is 11.0. The van der Waals surface area contributed by atoms with E-state index in [9.17, 15) is 0 Å². The molecule has 3 nitrogen and oxygen atoms in total. The van der Waals surface area contributed by atoms with E-state index in [2.05, 4.69) is 51.3 Å². The van der Waals surface area contributed by atoms with Gasteiger partial charge in [0.05, 0.1) is 11.4 Å². The number of anilines is 1. The predicted octanol–water partition coefficient (Wildman–Crippen LogP) is 4.26. The van der Waals surface area contributed by atoms with Gasteiger partial charge in [-0.25, -0.2) is 4.98 Å². The molecule has 0 saturated heterocycles. The van der Waals surface area contributed by atoms with Crippen LogP contribution in [0.15, 0.2) is 24.4 Å². The van der Waals surface area contributed by atoms with Crippen LogP contribution in [0.25, 0.3) is 5.69 Å². The number of halogens is 2. The summed E-state index contributed by atoms with van der Waals surface area (Å²) in [7, 11) is 0. The second kappa shape index (κ2) is 5.48. The van der Waals surface area contributed by atoms with Crippen LogP contribution in [-0.2, 0) is 0 Å². The summed E-state index contributed by atoms with van der Waals surface area (Å²) >= 11 is 8.28. The van der Waals surface area contributed by atoms with Crippen molar-refractivity contribution in [3.63, 3.8) is 0 Å². The van der Waals surface area contributed by atoms with E-state index in [1.54, 1.807) is 0 Å². The maximum Gasteiger partial charge on any atom is 0.207 e. The molecule has 0 aliphatic carbocycles. The molecular formula is C13H15ClIN3. The first-order valence-electron chi connectivity index (χ1n) is 5.75. The Morgan fingerprint density at radius 1 is 1.39 bits per heavy atom. The van der Waals surface area contributed by atoms with E-state index >= 15 is 0 Å². The van der Waals surface area contributed by atoms with Crippen LogP contribution in [-0.4, -0.2) is 15.6 Å².